The Hall–Kier alpha value is 0.260. The number of likely N-dealkylation sites (N-methyl/N-ethyl adjacent to an activating group) is 1. The molecule has 0 saturated carbocycles. The van der Waals surface area contributed by atoms with E-state index in [4.69, 9.17) is 12.8 Å². The van der Waals surface area contributed by atoms with Crippen LogP contribution in [0, 0.1) is 25.7 Å². The summed E-state index contributed by atoms with van der Waals surface area (Å²) in [5.41, 5.74) is -0.526. The van der Waals surface area contributed by atoms with Crippen LogP contribution in [0.1, 0.15) is 34.6 Å². The molecule has 0 aliphatic heterocycles. The van der Waals surface area contributed by atoms with Crippen molar-refractivity contribution in [1.82, 2.24) is 9.80 Å². The molecular formula is C18H39N2O5P2Sc. The molecule has 0 heterocycles. The fourth-order valence-corrected chi connectivity index (χ4v) is 1.67. The van der Waals surface area contributed by atoms with Gasteiger partial charge in [-0.2, -0.15) is 6.92 Å². The van der Waals surface area contributed by atoms with Crippen molar-refractivity contribution in [2.45, 2.75) is 34.6 Å². The molecule has 2 atom stereocenters. The number of carbonyl (C=O) groups is 3. The van der Waals surface area contributed by atoms with Gasteiger partial charge in [0.05, 0.1) is 19.6 Å². The fraction of sp³-hybridized carbons (Fsp3) is 0.667. The van der Waals surface area contributed by atoms with Crippen molar-refractivity contribution < 1.29 is 50.4 Å². The van der Waals surface area contributed by atoms with E-state index >= 15 is 0 Å². The maximum absolute atomic E-state index is 12.0. The summed E-state index contributed by atoms with van der Waals surface area (Å²) in [4.78, 5) is 36.8. The summed E-state index contributed by atoms with van der Waals surface area (Å²) >= 11 is 0. The monoisotopic (exact) mass is 472 g/mol. The van der Waals surface area contributed by atoms with Crippen LogP contribution in [-0.4, -0.2) is 79.6 Å². The first-order valence-corrected chi connectivity index (χ1v) is 9.80. The molecule has 2 N–H and O–H groups in total. The van der Waals surface area contributed by atoms with E-state index < -0.39 is 17.4 Å². The van der Waals surface area contributed by atoms with Gasteiger partial charge < -0.3 is 48.8 Å². The second-order valence-electron chi connectivity index (χ2n) is 6.04. The molecule has 0 spiro atoms. The molecule has 0 aliphatic rings. The van der Waals surface area contributed by atoms with Gasteiger partial charge in [-0.25, -0.2) is 0 Å². The molecular weight excluding hydrogens is 431 g/mol. The molecule has 0 bridgehead atoms. The molecule has 0 rings (SSSR count). The maximum atomic E-state index is 12.0. The molecule has 7 nitrogen and oxygen atoms in total. The minimum absolute atomic E-state index is 0. The molecule has 2 unspecified atom stereocenters. The molecule has 28 heavy (non-hydrogen) atoms. The van der Waals surface area contributed by atoms with E-state index in [1.807, 2.05) is 6.92 Å². The molecule has 0 radical (unpaired) electrons. The molecule has 0 aromatic rings. The smallest absolute Gasteiger partial charge is 0.480 e. The van der Waals surface area contributed by atoms with Crippen molar-refractivity contribution in [2.24, 2.45) is 5.41 Å². The normalized spacial score (nSPS) is 11.4. The Morgan fingerprint density at radius 3 is 1.54 bits per heavy atom. The van der Waals surface area contributed by atoms with E-state index in [2.05, 4.69) is 20.3 Å². The number of Topliss-reactive ketones (excluding diaryl/α,β-unsaturated/α-hetero) is 1. The quantitative estimate of drug-likeness (QED) is 0.373. The second kappa shape index (κ2) is 25.3. The first kappa shape index (κ1) is 32.9. The largest absolute Gasteiger partial charge is 3.00 e. The van der Waals surface area contributed by atoms with Gasteiger partial charge in [0.25, 0.3) is 0 Å². The summed E-state index contributed by atoms with van der Waals surface area (Å²) in [7, 11) is 0.167. The van der Waals surface area contributed by atoms with Crippen molar-refractivity contribution in [3.05, 3.63) is 20.3 Å². The van der Waals surface area contributed by atoms with Gasteiger partial charge in [0.2, 0.25) is 0 Å². The van der Waals surface area contributed by atoms with Gasteiger partial charge >= 0.3 is 37.8 Å². The number of hydrogen-bond acceptors (Lipinski definition) is 5. The SMILES string of the molecule is CCN(CCN(CC(=O)O)CC(=O)C(C)(C)C)CC(=O)O.[2H]P[CH2-].[2H]P[CH2-].[CH2-]C.[Sc+3]. The van der Waals surface area contributed by atoms with E-state index in [0.29, 0.717) is 19.6 Å². The van der Waals surface area contributed by atoms with Gasteiger partial charge in [-0.05, 0) is 6.54 Å². The van der Waals surface area contributed by atoms with E-state index in [1.54, 1.807) is 37.5 Å². The number of nitrogens with zero attached hydrogens (tertiary/aromatic N) is 2. The standard InChI is InChI=1S/C14H26N2O5.C2H5.2CH4P.Sc/c1-5-15(9-12(18)19)6-7-16(10-13(20)21)8-11(17)14(2,3)4;3*1-2;/h5-10H2,1-4H3,(H,18,19)(H,20,21);1H2,2H3;2*1-2H2;/q;3*-1;+3/i;;2*2D;. The van der Waals surface area contributed by atoms with Crippen LogP contribution >= 0.6 is 18.4 Å². The van der Waals surface area contributed by atoms with E-state index in [1.165, 1.54) is 0 Å². The Kier molecular flexibility index (Phi) is 29.7. The maximum Gasteiger partial charge on any atom is 3.00 e. The van der Waals surface area contributed by atoms with Crippen LogP contribution < -0.4 is 0 Å². The number of carbonyl (C=O) groups excluding carboxylic acids is 1. The van der Waals surface area contributed by atoms with Crippen molar-refractivity contribution in [1.29, 1.82) is 2.56 Å². The molecule has 0 aromatic heterocycles. The van der Waals surface area contributed by atoms with E-state index in [-0.39, 0.29) is 69.6 Å². The zero-order valence-electron chi connectivity index (χ0n) is 20.0. The van der Waals surface area contributed by atoms with Crippen LogP contribution in [0.25, 0.3) is 0 Å². The van der Waals surface area contributed by atoms with Crippen molar-refractivity contribution >= 4 is 36.1 Å². The Morgan fingerprint density at radius 1 is 0.929 bits per heavy atom. The van der Waals surface area contributed by atoms with Crippen LogP contribution in [0.2, 0.25) is 0 Å². The number of ketones is 1. The van der Waals surface area contributed by atoms with Gasteiger partial charge in [0.1, 0.15) is 0 Å². The number of carboxylic acid groups (broad SMARTS) is 2. The summed E-state index contributed by atoms with van der Waals surface area (Å²) in [6.45, 7) is 19.6. The molecule has 0 aromatic carbocycles. The molecule has 0 fully saturated rings. The van der Waals surface area contributed by atoms with Gasteiger partial charge in [-0.1, -0.05) is 27.7 Å². The Labute approximate surface area is 198 Å². The molecule has 10 heteroatoms. The van der Waals surface area contributed by atoms with Crippen LogP contribution in [0.15, 0.2) is 0 Å². The summed E-state index contributed by atoms with van der Waals surface area (Å²) in [6, 6.07) is 0. The zero-order chi connectivity index (χ0) is 24.0. The third kappa shape index (κ3) is 26.3. The summed E-state index contributed by atoms with van der Waals surface area (Å²) in [5.74, 6) is -1.96. The molecule has 0 amide bonds. The van der Waals surface area contributed by atoms with Crippen molar-refractivity contribution in [2.75, 3.05) is 39.3 Å². The van der Waals surface area contributed by atoms with Crippen LogP contribution in [0.5, 0.6) is 0 Å². The molecule has 0 aliphatic carbocycles. The Morgan fingerprint density at radius 2 is 1.25 bits per heavy atom. The number of aliphatic carboxylic acids is 2. The van der Waals surface area contributed by atoms with Crippen molar-refractivity contribution in [3.63, 3.8) is 0 Å². The van der Waals surface area contributed by atoms with Gasteiger partial charge in [-0.3, -0.25) is 24.2 Å². The van der Waals surface area contributed by atoms with Gasteiger partial charge in [0, 0.05) is 21.1 Å². The van der Waals surface area contributed by atoms with Gasteiger partial charge in [-0.15, -0.1) is 0 Å². The van der Waals surface area contributed by atoms with E-state index in [0.717, 1.165) is 0 Å². The summed E-state index contributed by atoms with van der Waals surface area (Å²) in [6.07, 6.45) is 0. The third-order valence-electron chi connectivity index (χ3n) is 3.10. The number of rotatable bonds is 10. The first-order chi connectivity index (χ1) is 13.4. The molecule has 0 saturated heterocycles. The summed E-state index contributed by atoms with van der Waals surface area (Å²) in [5, 5.41) is 17.7. The van der Waals surface area contributed by atoms with Gasteiger partial charge in [0.15, 0.2) is 5.78 Å². The topological polar surface area (TPSA) is 98.2 Å². The minimum Gasteiger partial charge on any atom is -0.480 e. The average Bonchev–Trinajstić information content (AvgIpc) is 2.59. The summed E-state index contributed by atoms with van der Waals surface area (Å²) < 4.78 is 12.2. The van der Waals surface area contributed by atoms with Crippen LogP contribution in [0.3, 0.4) is 0 Å². The second-order valence-corrected chi connectivity index (χ2v) is 6.04. The van der Waals surface area contributed by atoms with E-state index in [9.17, 15) is 14.4 Å². The number of carboxylic acids is 2. The average molecular weight is 472 g/mol. The number of hydrogen-bond donors (Lipinski definition) is 2. The predicted octanol–water partition coefficient (Wildman–Crippen LogP) is 2.54. The van der Waals surface area contributed by atoms with Crippen LogP contribution in [-0.2, 0) is 40.2 Å². The fourth-order valence-electron chi connectivity index (χ4n) is 1.67. The molecule has 164 valence electrons. The third-order valence-corrected chi connectivity index (χ3v) is 3.10. The predicted molar refractivity (Wildman–Crippen MR) is 119 cm³/mol. The first-order valence-electron chi connectivity index (χ1n) is 9.39. The Balaban J connectivity index is -0.000000201. The Bertz CT molecular complexity index is 430. The van der Waals surface area contributed by atoms with Crippen molar-refractivity contribution in [3.8, 4) is 0 Å². The minimum atomic E-state index is -1.00. The van der Waals surface area contributed by atoms with Crippen LogP contribution in [0.4, 0.5) is 0 Å². The zero-order valence-corrected chi connectivity index (χ0v) is 21.8.